The minimum atomic E-state index is -0.575. The van der Waals surface area contributed by atoms with Crippen LogP contribution in [0.5, 0.6) is 11.5 Å². The molecular weight excluding hydrogens is 540 g/mol. The van der Waals surface area contributed by atoms with Gasteiger partial charge in [-0.2, -0.15) is 0 Å². The van der Waals surface area contributed by atoms with E-state index in [1.54, 1.807) is 12.1 Å². The third kappa shape index (κ3) is 4.79. The van der Waals surface area contributed by atoms with E-state index in [0.717, 1.165) is 22.3 Å². The van der Waals surface area contributed by atoms with Crippen LogP contribution in [0.15, 0.2) is 58.6 Å². The second kappa shape index (κ2) is 9.87. The quantitative estimate of drug-likeness (QED) is 0.234. The number of nitrogens with zero attached hydrogens (tertiary/aromatic N) is 2. The molecule has 1 heterocycles. The van der Waals surface area contributed by atoms with Gasteiger partial charge >= 0.3 is 0 Å². The number of amides is 2. The summed E-state index contributed by atoms with van der Waals surface area (Å²) in [6.07, 6.45) is 1.38. The summed E-state index contributed by atoms with van der Waals surface area (Å²) in [6.45, 7) is 7.74. The minimum Gasteiger partial charge on any atom is -0.504 e. The summed E-state index contributed by atoms with van der Waals surface area (Å²) in [7, 11) is 1.43. The minimum absolute atomic E-state index is 0.0631. The number of rotatable bonds is 4. The first-order chi connectivity index (χ1) is 17.0. The molecule has 0 atom stereocenters. The molecule has 3 aromatic rings. The zero-order chi connectivity index (χ0) is 26.3. The molecule has 1 N–H and O–H groups in total. The Morgan fingerprint density at radius 2 is 1.25 bits per heavy atom. The van der Waals surface area contributed by atoms with Gasteiger partial charge in [0.15, 0.2) is 16.6 Å². The number of anilines is 2. The van der Waals surface area contributed by atoms with Crippen molar-refractivity contribution in [3.8, 4) is 11.5 Å². The van der Waals surface area contributed by atoms with Crippen molar-refractivity contribution < 1.29 is 19.4 Å². The average Bonchev–Trinajstić information content (AvgIpc) is 2.77. The van der Waals surface area contributed by atoms with E-state index in [9.17, 15) is 14.7 Å². The molecule has 1 fully saturated rings. The maximum Gasteiger partial charge on any atom is 0.270 e. The van der Waals surface area contributed by atoms with Gasteiger partial charge in [0, 0.05) is 10.0 Å². The van der Waals surface area contributed by atoms with Gasteiger partial charge in [-0.3, -0.25) is 19.4 Å². The molecule has 3 aromatic carbocycles. The van der Waals surface area contributed by atoms with Gasteiger partial charge in [-0.1, -0.05) is 28.1 Å². The number of aryl methyl sites for hydroxylation is 4. The normalized spacial score (nSPS) is 13.9. The van der Waals surface area contributed by atoms with Crippen LogP contribution in [-0.4, -0.2) is 29.1 Å². The summed E-state index contributed by atoms with van der Waals surface area (Å²) in [5, 5.41) is 10.8. The lowest BCUT2D eigenvalue weighted by Crippen LogP contribution is -2.57. The van der Waals surface area contributed by atoms with Crippen molar-refractivity contribution in [1.82, 2.24) is 0 Å². The largest absolute Gasteiger partial charge is 0.504 e. The molecule has 4 rings (SSSR count). The van der Waals surface area contributed by atoms with Crippen molar-refractivity contribution in [3.63, 3.8) is 0 Å². The third-order valence-electron chi connectivity index (χ3n) is 5.77. The van der Waals surface area contributed by atoms with Crippen molar-refractivity contribution in [1.29, 1.82) is 0 Å². The molecule has 0 bridgehead atoms. The summed E-state index contributed by atoms with van der Waals surface area (Å²) in [5.74, 6) is -1.12. The Hall–Kier alpha value is -3.49. The highest BCUT2D eigenvalue weighted by molar-refractivity contribution is 9.10. The first-order valence-corrected chi connectivity index (χ1v) is 12.4. The standard InChI is InChI=1S/C28H25BrN2O4S/c1-15-6-16(2)9-21(8-15)30-26(33)23(13-19-12-20(29)14-24(35-5)25(19)32)27(34)31(28(30)36)22-10-17(3)7-18(4)11-22/h6-14,32H,1-5H3. The second-order valence-corrected chi connectivity index (χ2v) is 10.1. The molecule has 1 aliphatic rings. The molecule has 8 heteroatoms. The van der Waals surface area contributed by atoms with E-state index in [4.69, 9.17) is 17.0 Å². The molecule has 6 nitrogen and oxygen atoms in total. The van der Waals surface area contributed by atoms with Gasteiger partial charge in [-0.25, -0.2) is 0 Å². The molecule has 36 heavy (non-hydrogen) atoms. The number of phenols is 1. The summed E-state index contributed by atoms with van der Waals surface area (Å²) in [5.41, 5.74) is 5.05. The van der Waals surface area contributed by atoms with Gasteiger partial charge in [0.25, 0.3) is 11.8 Å². The van der Waals surface area contributed by atoms with E-state index in [1.807, 2.05) is 64.1 Å². The predicted octanol–water partition coefficient (Wildman–Crippen LogP) is 6.15. The second-order valence-electron chi connectivity index (χ2n) is 8.86. The van der Waals surface area contributed by atoms with E-state index in [-0.39, 0.29) is 27.7 Å². The van der Waals surface area contributed by atoms with Crippen LogP contribution in [0.3, 0.4) is 0 Å². The topological polar surface area (TPSA) is 70.1 Å². The van der Waals surface area contributed by atoms with Gasteiger partial charge in [0.2, 0.25) is 0 Å². The lowest BCUT2D eigenvalue weighted by Gasteiger charge is -2.37. The van der Waals surface area contributed by atoms with Gasteiger partial charge in [0.05, 0.1) is 18.5 Å². The van der Waals surface area contributed by atoms with Crippen LogP contribution in [0.25, 0.3) is 6.08 Å². The highest BCUT2D eigenvalue weighted by Gasteiger charge is 2.41. The van der Waals surface area contributed by atoms with Crippen molar-refractivity contribution in [2.24, 2.45) is 0 Å². The number of halogens is 1. The van der Waals surface area contributed by atoms with Crippen LogP contribution in [0, 0.1) is 27.7 Å². The fourth-order valence-corrected chi connectivity index (χ4v) is 5.19. The van der Waals surface area contributed by atoms with Crippen molar-refractivity contribution in [2.75, 3.05) is 16.9 Å². The Morgan fingerprint density at radius 3 is 1.67 bits per heavy atom. The number of benzene rings is 3. The number of carbonyl (C=O) groups is 2. The molecule has 184 valence electrons. The molecule has 0 aliphatic carbocycles. The van der Waals surface area contributed by atoms with Crippen molar-refractivity contribution in [3.05, 3.63) is 86.4 Å². The summed E-state index contributed by atoms with van der Waals surface area (Å²) >= 11 is 9.14. The number of hydrogen-bond acceptors (Lipinski definition) is 5. The van der Waals surface area contributed by atoms with Crippen LogP contribution in [0.1, 0.15) is 27.8 Å². The molecular formula is C28H25BrN2O4S. The SMILES string of the molecule is COc1cc(Br)cc(C=C2C(=O)N(c3cc(C)cc(C)c3)C(=S)N(c3cc(C)cc(C)c3)C2=O)c1O. The Morgan fingerprint density at radius 1 is 0.806 bits per heavy atom. The van der Waals surface area contributed by atoms with Gasteiger partial charge in [-0.15, -0.1) is 0 Å². The average molecular weight is 565 g/mol. The monoisotopic (exact) mass is 564 g/mol. The van der Waals surface area contributed by atoms with Gasteiger partial charge in [0.1, 0.15) is 5.57 Å². The molecule has 0 aromatic heterocycles. The molecule has 0 saturated carbocycles. The number of methoxy groups -OCH3 is 1. The van der Waals surface area contributed by atoms with E-state index < -0.39 is 11.8 Å². The number of phenolic OH excluding ortho intramolecular Hbond substituents is 1. The predicted molar refractivity (Wildman–Crippen MR) is 150 cm³/mol. The molecule has 0 radical (unpaired) electrons. The van der Waals surface area contributed by atoms with Crippen LogP contribution >= 0.6 is 28.1 Å². The highest BCUT2D eigenvalue weighted by Crippen LogP contribution is 2.37. The van der Waals surface area contributed by atoms with E-state index in [2.05, 4.69) is 15.9 Å². The number of hydrogen-bond donors (Lipinski definition) is 1. The zero-order valence-electron chi connectivity index (χ0n) is 20.5. The summed E-state index contributed by atoms with van der Waals surface area (Å²) < 4.78 is 5.86. The Kier molecular flexibility index (Phi) is 7.02. The van der Waals surface area contributed by atoms with Crippen molar-refractivity contribution >= 4 is 62.5 Å². The number of aromatic hydroxyl groups is 1. The molecule has 2 amide bonds. The zero-order valence-corrected chi connectivity index (χ0v) is 23.0. The van der Waals surface area contributed by atoms with E-state index in [1.165, 1.54) is 23.0 Å². The van der Waals surface area contributed by atoms with Gasteiger partial charge in [-0.05, 0) is 105 Å². The van der Waals surface area contributed by atoms with E-state index in [0.29, 0.717) is 15.8 Å². The fourth-order valence-electron chi connectivity index (χ4n) is 4.36. The van der Waals surface area contributed by atoms with E-state index >= 15 is 0 Å². The third-order valence-corrected chi connectivity index (χ3v) is 6.59. The highest BCUT2D eigenvalue weighted by atomic mass is 79.9. The van der Waals surface area contributed by atoms with Gasteiger partial charge < -0.3 is 9.84 Å². The maximum atomic E-state index is 13.8. The Bertz CT molecular complexity index is 1350. The lowest BCUT2D eigenvalue weighted by molar-refractivity contribution is -0.120. The Balaban J connectivity index is 1.96. The smallest absolute Gasteiger partial charge is 0.270 e. The van der Waals surface area contributed by atoms with Crippen LogP contribution in [0.2, 0.25) is 0 Å². The fraction of sp³-hybridized carbons (Fsp3) is 0.179. The first kappa shape index (κ1) is 25.6. The molecule has 1 aliphatic heterocycles. The van der Waals surface area contributed by atoms with Crippen LogP contribution in [-0.2, 0) is 9.59 Å². The maximum absolute atomic E-state index is 13.8. The summed E-state index contributed by atoms with van der Waals surface area (Å²) in [4.78, 5) is 30.4. The molecule has 0 unspecified atom stereocenters. The first-order valence-electron chi connectivity index (χ1n) is 11.2. The lowest BCUT2D eigenvalue weighted by atomic mass is 10.0. The van der Waals surface area contributed by atoms with Crippen LogP contribution in [0.4, 0.5) is 11.4 Å². The Labute approximate surface area is 223 Å². The number of carbonyl (C=O) groups excluding carboxylic acids is 2. The molecule has 0 spiro atoms. The number of ether oxygens (including phenoxy) is 1. The van der Waals surface area contributed by atoms with Crippen molar-refractivity contribution in [2.45, 2.75) is 27.7 Å². The van der Waals surface area contributed by atoms with Crippen LogP contribution < -0.4 is 14.5 Å². The number of thiocarbonyl (C=S) groups is 1. The summed E-state index contributed by atoms with van der Waals surface area (Å²) in [6, 6.07) is 14.6. The molecule has 1 saturated heterocycles.